The van der Waals surface area contributed by atoms with Gasteiger partial charge in [-0.2, -0.15) is 5.10 Å². The van der Waals surface area contributed by atoms with E-state index in [0.29, 0.717) is 38.9 Å². The number of anilines is 2. The Morgan fingerprint density at radius 2 is 1.61 bits per heavy atom. The summed E-state index contributed by atoms with van der Waals surface area (Å²) >= 11 is 1.35. The summed E-state index contributed by atoms with van der Waals surface area (Å²) in [6.45, 7) is 3.54. The summed E-state index contributed by atoms with van der Waals surface area (Å²) in [5.41, 5.74) is 3.43. The summed E-state index contributed by atoms with van der Waals surface area (Å²) in [6.07, 6.45) is 0. The zero-order chi connectivity index (χ0) is 22.0. The van der Waals surface area contributed by atoms with E-state index in [1.54, 1.807) is 61.0 Å². The Morgan fingerprint density at radius 3 is 2.26 bits per heavy atom. The SMILES string of the molecule is Cc1nn(-c2ccc(F)cc2)c(C)c1C(=O)Nc1cccc(NC(=O)c2cccs2)c1. The molecule has 4 rings (SSSR count). The quantitative estimate of drug-likeness (QED) is 0.454. The molecule has 0 bridgehead atoms. The molecule has 0 aliphatic carbocycles. The van der Waals surface area contributed by atoms with Crippen LogP contribution in [0.3, 0.4) is 0 Å². The molecule has 2 amide bonds. The Balaban J connectivity index is 1.53. The second kappa shape index (κ2) is 8.53. The highest BCUT2D eigenvalue weighted by molar-refractivity contribution is 7.12. The third kappa shape index (κ3) is 4.39. The van der Waals surface area contributed by atoms with Crippen LogP contribution in [0.1, 0.15) is 31.4 Å². The number of carbonyl (C=O) groups excluding carboxylic acids is 2. The van der Waals surface area contributed by atoms with Gasteiger partial charge in [0.25, 0.3) is 11.8 Å². The minimum absolute atomic E-state index is 0.203. The van der Waals surface area contributed by atoms with Gasteiger partial charge in [0, 0.05) is 11.4 Å². The van der Waals surface area contributed by atoms with E-state index in [1.165, 1.54) is 23.5 Å². The van der Waals surface area contributed by atoms with Gasteiger partial charge in [-0.1, -0.05) is 12.1 Å². The molecule has 2 heterocycles. The van der Waals surface area contributed by atoms with E-state index in [-0.39, 0.29) is 17.6 Å². The van der Waals surface area contributed by atoms with Crippen LogP contribution in [0.2, 0.25) is 0 Å². The Kier molecular flexibility index (Phi) is 5.64. The molecule has 0 spiro atoms. The Morgan fingerprint density at radius 1 is 0.935 bits per heavy atom. The fourth-order valence-electron chi connectivity index (χ4n) is 3.27. The lowest BCUT2D eigenvalue weighted by Crippen LogP contribution is -2.15. The predicted molar refractivity (Wildman–Crippen MR) is 120 cm³/mol. The van der Waals surface area contributed by atoms with Crippen molar-refractivity contribution < 1.29 is 14.0 Å². The van der Waals surface area contributed by atoms with Crippen molar-refractivity contribution in [3.8, 4) is 5.69 Å². The summed E-state index contributed by atoms with van der Waals surface area (Å²) in [5, 5.41) is 12.0. The van der Waals surface area contributed by atoms with Crippen molar-refractivity contribution in [2.45, 2.75) is 13.8 Å². The van der Waals surface area contributed by atoms with Gasteiger partial charge in [-0.25, -0.2) is 9.07 Å². The molecule has 0 aliphatic heterocycles. The maximum absolute atomic E-state index is 13.2. The number of hydrogen-bond donors (Lipinski definition) is 2. The third-order valence-electron chi connectivity index (χ3n) is 4.71. The first-order chi connectivity index (χ1) is 14.9. The number of amides is 2. The molecule has 4 aromatic rings. The Bertz CT molecular complexity index is 1250. The van der Waals surface area contributed by atoms with Crippen LogP contribution in [0.4, 0.5) is 15.8 Å². The van der Waals surface area contributed by atoms with Gasteiger partial charge in [0.1, 0.15) is 5.82 Å². The Hall–Kier alpha value is -3.78. The summed E-state index contributed by atoms with van der Waals surface area (Å²) in [5.74, 6) is -0.856. The number of benzene rings is 2. The number of thiophene rings is 1. The summed E-state index contributed by atoms with van der Waals surface area (Å²) in [6, 6.07) is 16.4. The molecule has 0 fully saturated rings. The number of nitrogens with zero attached hydrogens (tertiary/aromatic N) is 2. The molecule has 0 aliphatic rings. The number of hydrogen-bond acceptors (Lipinski definition) is 4. The minimum Gasteiger partial charge on any atom is -0.322 e. The number of aryl methyl sites for hydroxylation is 1. The number of carbonyl (C=O) groups is 2. The zero-order valence-corrected chi connectivity index (χ0v) is 17.7. The summed E-state index contributed by atoms with van der Waals surface area (Å²) < 4.78 is 14.8. The van der Waals surface area contributed by atoms with E-state index in [9.17, 15) is 14.0 Å². The topological polar surface area (TPSA) is 76.0 Å². The first-order valence-electron chi connectivity index (χ1n) is 9.51. The molecule has 2 aromatic carbocycles. The number of halogens is 1. The molecule has 8 heteroatoms. The van der Waals surface area contributed by atoms with Crippen molar-refractivity contribution in [1.82, 2.24) is 9.78 Å². The van der Waals surface area contributed by atoms with Crippen LogP contribution < -0.4 is 10.6 Å². The van der Waals surface area contributed by atoms with Crippen molar-refractivity contribution in [2.24, 2.45) is 0 Å². The van der Waals surface area contributed by atoms with E-state index < -0.39 is 0 Å². The van der Waals surface area contributed by atoms with Crippen LogP contribution >= 0.6 is 11.3 Å². The van der Waals surface area contributed by atoms with Gasteiger partial charge in [0.15, 0.2) is 0 Å². The largest absolute Gasteiger partial charge is 0.322 e. The minimum atomic E-state index is -0.339. The van der Waals surface area contributed by atoms with Crippen LogP contribution in [-0.4, -0.2) is 21.6 Å². The number of rotatable bonds is 5. The van der Waals surface area contributed by atoms with E-state index in [1.807, 2.05) is 11.4 Å². The maximum Gasteiger partial charge on any atom is 0.265 e. The fourth-order valence-corrected chi connectivity index (χ4v) is 3.89. The standard InChI is InChI=1S/C23H19FN4O2S/c1-14-21(15(2)28(27-14)19-10-8-16(24)9-11-19)23(30)26-18-6-3-5-17(13-18)25-22(29)20-7-4-12-31-20/h3-13H,1-2H3,(H,25,29)(H,26,30). The average molecular weight is 434 g/mol. The lowest BCUT2D eigenvalue weighted by atomic mass is 10.1. The average Bonchev–Trinajstić information content (AvgIpc) is 3.37. The van der Waals surface area contributed by atoms with Crippen LogP contribution in [0.5, 0.6) is 0 Å². The van der Waals surface area contributed by atoms with E-state index >= 15 is 0 Å². The van der Waals surface area contributed by atoms with Crippen molar-refractivity contribution in [2.75, 3.05) is 10.6 Å². The highest BCUT2D eigenvalue weighted by atomic mass is 32.1. The predicted octanol–water partition coefficient (Wildman–Crippen LogP) is 5.19. The first-order valence-corrected chi connectivity index (χ1v) is 10.4. The van der Waals surface area contributed by atoms with Gasteiger partial charge in [-0.05, 0) is 67.8 Å². The van der Waals surface area contributed by atoms with Crippen LogP contribution in [-0.2, 0) is 0 Å². The molecule has 0 radical (unpaired) electrons. The molecule has 156 valence electrons. The van der Waals surface area contributed by atoms with Crippen molar-refractivity contribution >= 4 is 34.5 Å². The molecule has 6 nitrogen and oxygen atoms in total. The van der Waals surface area contributed by atoms with Gasteiger partial charge in [-0.3, -0.25) is 9.59 Å². The second-order valence-electron chi connectivity index (χ2n) is 6.90. The van der Waals surface area contributed by atoms with Gasteiger partial charge < -0.3 is 10.6 Å². The Labute approximate surface area is 182 Å². The van der Waals surface area contributed by atoms with Gasteiger partial charge >= 0.3 is 0 Å². The van der Waals surface area contributed by atoms with Gasteiger partial charge in [-0.15, -0.1) is 11.3 Å². The molecule has 0 saturated carbocycles. The first kappa shape index (κ1) is 20.5. The maximum atomic E-state index is 13.2. The molecule has 0 saturated heterocycles. The van der Waals surface area contributed by atoms with E-state index in [2.05, 4.69) is 15.7 Å². The second-order valence-corrected chi connectivity index (χ2v) is 7.85. The van der Waals surface area contributed by atoms with E-state index in [4.69, 9.17) is 0 Å². The number of nitrogens with one attached hydrogen (secondary N) is 2. The molecule has 0 unspecified atom stereocenters. The van der Waals surface area contributed by atoms with E-state index in [0.717, 1.165) is 0 Å². The molecule has 2 aromatic heterocycles. The normalized spacial score (nSPS) is 10.7. The summed E-state index contributed by atoms with van der Waals surface area (Å²) in [7, 11) is 0. The van der Waals surface area contributed by atoms with Crippen LogP contribution in [0.15, 0.2) is 66.0 Å². The monoisotopic (exact) mass is 434 g/mol. The highest BCUT2D eigenvalue weighted by Crippen LogP contribution is 2.22. The highest BCUT2D eigenvalue weighted by Gasteiger charge is 2.20. The van der Waals surface area contributed by atoms with Crippen molar-refractivity contribution in [1.29, 1.82) is 0 Å². The molecular weight excluding hydrogens is 415 g/mol. The smallest absolute Gasteiger partial charge is 0.265 e. The van der Waals surface area contributed by atoms with Crippen molar-refractivity contribution in [3.63, 3.8) is 0 Å². The van der Waals surface area contributed by atoms with Crippen LogP contribution in [0.25, 0.3) is 5.69 Å². The molecule has 0 atom stereocenters. The lowest BCUT2D eigenvalue weighted by Gasteiger charge is -2.09. The van der Waals surface area contributed by atoms with Crippen molar-refractivity contribution in [3.05, 3.63) is 93.7 Å². The molecular formula is C23H19FN4O2S. The van der Waals surface area contributed by atoms with Gasteiger partial charge in [0.2, 0.25) is 0 Å². The fraction of sp³-hybridized carbons (Fsp3) is 0.0870. The number of aromatic nitrogens is 2. The van der Waals surface area contributed by atoms with Crippen LogP contribution in [0, 0.1) is 19.7 Å². The molecule has 2 N–H and O–H groups in total. The van der Waals surface area contributed by atoms with Gasteiger partial charge in [0.05, 0.1) is 27.5 Å². The summed E-state index contributed by atoms with van der Waals surface area (Å²) in [4.78, 5) is 25.8. The molecule has 31 heavy (non-hydrogen) atoms. The zero-order valence-electron chi connectivity index (χ0n) is 16.8. The third-order valence-corrected chi connectivity index (χ3v) is 5.58. The lowest BCUT2D eigenvalue weighted by molar-refractivity contribution is 0.102.